The molecule has 0 unspecified atom stereocenters. The molecule has 1 aromatic carbocycles. The number of thioether (sulfide) groups is 2. The normalized spacial score (nSPS) is 15.1. The maximum Gasteiger partial charge on any atom is 0.250 e. The summed E-state index contributed by atoms with van der Waals surface area (Å²) in [6.45, 7) is 3.78. The van der Waals surface area contributed by atoms with Crippen LogP contribution >= 0.6 is 23.5 Å². The second-order valence-electron chi connectivity index (χ2n) is 5.53. The number of hydrogen-bond donors (Lipinski definition) is 1. The van der Waals surface area contributed by atoms with Gasteiger partial charge in [0.05, 0.1) is 16.4 Å². The van der Waals surface area contributed by atoms with Crippen molar-refractivity contribution in [2.45, 2.75) is 30.3 Å². The molecule has 1 aliphatic rings. The van der Waals surface area contributed by atoms with Crippen molar-refractivity contribution in [3.05, 3.63) is 47.0 Å². The monoisotopic (exact) mass is 376 g/mol. The predicted octanol–water partition coefficient (Wildman–Crippen LogP) is 3.34. The van der Waals surface area contributed by atoms with E-state index in [1.807, 2.05) is 26.0 Å². The van der Waals surface area contributed by atoms with Crippen LogP contribution in [-0.4, -0.2) is 33.1 Å². The van der Waals surface area contributed by atoms with E-state index >= 15 is 0 Å². The number of aromatic nitrogens is 2. The molecule has 2 aromatic rings. The molecule has 1 N–H and O–H groups in total. The topological polar surface area (TPSA) is 67.2 Å². The first kappa shape index (κ1) is 17.9. The van der Waals surface area contributed by atoms with Crippen molar-refractivity contribution >= 4 is 35.1 Å². The van der Waals surface area contributed by atoms with Crippen molar-refractivity contribution in [1.29, 1.82) is 0 Å². The lowest BCUT2D eigenvalue weighted by molar-refractivity contribution is -0.118. The highest BCUT2D eigenvalue weighted by Gasteiger charge is 2.19. The predicted molar refractivity (Wildman–Crippen MR) is 98.7 cm³/mol. The van der Waals surface area contributed by atoms with Gasteiger partial charge in [-0.15, -0.1) is 11.8 Å². The molecule has 1 aromatic heterocycles. The Balaban J connectivity index is 1.63. The number of aryl methyl sites for hydroxylation is 2. The van der Waals surface area contributed by atoms with Gasteiger partial charge in [0, 0.05) is 29.1 Å². The number of fused-ring (bicyclic) bond motifs is 1. The average molecular weight is 376 g/mol. The summed E-state index contributed by atoms with van der Waals surface area (Å²) in [6.07, 6.45) is 0.689. The van der Waals surface area contributed by atoms with Crippen LogP contribution in [0, 0.1) is 19.7 Å². The lowest BCUT2D eigenvalue weighted by atomic mass is 10.1. The zero-order chi connectivity index (χ0) is 17.8. The molecule has 0 radical (unpaired) electrons. The highest BCUT2D eigenvalue weighted by molar-refractivity contribution is 7.99. The van der Waals surface area contributed by atoms with Crippen molar-refractivity contribution in [2.75, 3.05) is 11.5 Å². The number of halogens is 1. The molecule has 5 nitrogen and oxygen atoms in total. The Bertz CT molecular complexity index is 821. The smallest absolute Gasteiger partial charge is 0.250 e. The van der Waals surface area contributed by atoms with Gasteiger partial charge < -0.3 is 0 Å². The van der Waals surface area contributed by atoms with Crippen molar-refractivity contribution in [1.82, 2.24) is 15.4 Å². The third kappa shape index (κ3) is 4.58. The summed E-state index contributed by atoms with van der Waals surface area (Å²) in [4.78, 5) is 21.2. The molecule has 0 aliphatic carbocycles. The first-order chi connectivity index (χ1) is 12.0. The maximum atomic E-state index is 13.8. The maximum absolute atomic E-state index is 13.8. The molecular weight excluding hydrogens is 359 g/mol. The highest BCUT2D eigenvalue weighted by atomic mass is 32.2. The fraction of sp³-hybridized carbons (Fsp3) is 0.294. The number of hydrazone groups is 1. The Labute approximate surface area is 153 Å². The van der Waals surface area contributed by atoms with Crippen LogP contribution in [0.4, 0.5) is 4.39 Å². The second-order valence-corrected chi connectivity index (χ2v) is 7.58. The molecule has 3 rings (SSSR count). The molecular formula is C17H17FN4OS2. The quantitative estimate of drug-likeness (QED) is 0.504. The summed E-state index contributed by atoms with van der Waals surface area (Å²) in [7, 11) is 0. The Morgan fingerprint density at radius 3 is 2.88 bits per heavy atom. The molecule has 0 atom stereocenters. The molecule has 130 valence electrons. The van der Waals surface area contributed by atoms with Crippen molar-refractivity contribution < 1.29 is 9.18 Å². The standard InChI is InChI=1S/C17H17FN4OS2/c1-10-8-11(2)20-17(19-10)25-9-15(23)22-21-14-6-7-24-16-12(14)4-3-5-13(16)18/h3-5,8H,6-7,9H2,1-2H3,(H,22,23)/b21-14-. The third-order valence-electron chi connectivity index (χ3n) is 3.47. The molecule has 0 fully saturated rings. The van der Waals surface area contributed by atoms with E-state index in [-0.39, 0.29) is 17.5 Å². The van der Waals surface area contributed by atoms with E-state index in [4.69, 9.17) is 0 Å². The van der Waals surface area contributed by atoms with E-state index in [1.54, 1.807) is 6.07 Å². The number of nitrogens with one attached hydrogen (secondary N) is 1. The van der Waals surface area contributed by atoms with Crippen LogP contribution < -0.4 is 5.43 Å². The lowest BCUT2D eigenvalue weighted by Gasteiger charge is -2.17. The molecule has 25 heavy (non-hydrogen) atoms. The van der Waals surface area contributed by atoms with E-state index in [1.165, 1.54) is 29.6 Å². The fourth-order valence-corrected chi connectivity index (χ4v) is 4.22. The number of nitrogens with zero attached hydrogens (tertiary/aromatic N) is 3. The summed E-state index contributed by atoms with van der Waals surface area (Å²) < 4.78 is 13.8. The van der Waals surface area contributed by atoms with E-state index in [2.05, 4.69) is 20.5 Å². The zero-order valence-corrected chi connectivity index (χ0v) is 15.5. The van der Waals surface area contributed by atoms with Crippen LogP contribution in [0.3, 0.4) is 0 Å². The van der Waals surface area contributed by atoms with E-state index in [0.717, 1.165) is 22.7 Å². The Morgan fingerprint density at radius 2 is 2.12 bits per heavy atom. The van der Waals surface area contributed by atoms with E-state index in [9.17, 15) is 9.18 Å². The third-order valence-corrected chi connectivity index (χ3v) is 5.43. The number of benzene rings is 1. The largest absolute Gasteiger partial charge is 0.272 e. The first-order valence-electron chi connectivity index (χ1n) is 7.75. The van der Waals surface area contributed by atoms with Gasteiger partial charge in [0.15, 0.2) is 5.16 Å². The summed E-state index contributed by atoms with van der Waals surface area (Å²) in [5, 5.41) is 4.77. The van der Waals surface area contributed by atoms with Gasteiger partial charge in [-0.2, -0.15) is 5.10 Å². The Kier molecular flexibility index (Phi) is 5.70. The molecule has 0 bridgehead atoms. The molecule has 0 saturated carbocycles. The molecule has 0 saturated heterocycles. The van der Waals surface area contributed by atoms with Crippen molar-refractivity contribution in [3.8, 4) is 0 Å². The lowest BCUT2D eigenvalue weighted by Crippen LogP contribution is -2.23. The highest BCUT2D eigenvalue weighted by Crippen LogP contribution is 2.32. The minimum absolute atomic E-state index is 0.171. The number of hydrogen-bond acceptors (Lipinski definition) is 6. The zero-order valence-electron chi connectivity index (χ0n) is 13.9. The molecule has 1 amide bonds. The van der Waals surface area contributed by atoms with Crippen molar-refractivity contribution in [3.63, 3.8) is 0 Å². The summed E-state index contributed by atoms with van der Waals surface area (Å²) in [5.74, 6) is 0.429. The average Bonchev–Trinajstić information content (AvgIpc) is 2.58. The van der Waals surface area contributed by atoms with Crippen LogP contribution in [0.1, 0.15) is 23.4 Å². The summed E-state index contributed by atoms with van der Waals surface area (Å²) in [5.41, 5.74) is 5.75. The number of carbonyl (C=O) groups is 1. The minimum atomic E-state index is -0.247. The molecule has 1 aliphatic heterocycles. The van der Waals surface area contributed by atoms with Gasteiger partial charge in [0.25, 0.3) is 5.91 Å². The fourth-order valence-electron chi connectivity index (χ4n) is 2.43. The van der Waals surface area contributed by atoms with E-state index < -0.39 is 0 Å². The minimum Gasteiger partial charge on any atom is -0.272 e. The van der Waals surface area contributed by atoms with Crippen LogP contribution in [0.2, 0.25) is 0 Å². The Hall–Kier alpha value is -1.93. The number of amides is 1. The van der Waals surface area contributed by atoms with Gasteiger partial charge in [0.2, 0.25) is 0 Å². The number of carbonyl (C=O) groups excluding carboxylic acids is 1. The van der Waals surface area contributed by atoms with Crippen LogP contribution in [0.25, 0.3) is 0 Å². The summed E-state index contributed by atoms with van der Waals surface area (Å²) >= 11 is 2.74. The summed E-state index contributed by atoms with van der Waals surface area (Å²) in [6, 6.07) is 6.81. The van der Waals surface area contributed by atoms with Gasteiger partial charge in [-0.1, -0.05) is 23.9 Å². The SMILES string of the molecule is Cc1cc(C)nc(SCC(=O)N/N=C2/CCSc3c(F)cccc32)n1. The van der Waals surface area contributed by atoms with Crippen molar-refractivity contribution in [2.24, 2.45) is 5.10 Å². The van der Waals surface area contributed by atoms with Gasteiger partial charge in [-0.05, 0) is 26.0 Å². The van der Waals surface area contributed by atoms with Crippen LogP contribution in [0.5, 0.6) is 0 Å². The Morgan fingerprint density at radius 1 is 1.36 bits per heavy atom. The second kappa shape index (κ2) is 7.97. The van der Waals surface area contributed by atoms with Gasteiger partial charge in [0.1, 0.15) is 5.82 Å². The van der Waals surface area contributed by atoms with Crippen LogP contribution in [0.15, 0.2) is 39.4 Å². The van der Waals surface area contributed by atoms with E-state index in [0.29, 0.717) is 22.2 Å². The molecule has 0 spiro atoms. The van der Waals surface area contributed by atoms with Crippen LogP contribution in [-0.2, 0) is 4.79 Å². The van der Waals surface area contributed by atoms with Gasteiger partial charge >= 0.3 is 0 Å². The number of rotatable bonds is 4. The van der Waals surface area contributed by atoms with Gasteiger partial charge in [-0.3, -0.25) is 4.79 Å². The molecule has 2 heterocycles. The molecule has 8 heteroatoms. The first-order valence-corrected chi connectivity index (χ1v) is 9.72. The van der Waals surface area contributed by atoms with Gasteiger partial charge in [-0.25, -0.2) is 19.8 Å².